The summed E-state index contributed by atoms with van der Waals surface area (Å²) in [4.78, 5) is 25.1. The summed E-state index contributed by atoms with van der Waals surface area (Å²) in [5.74, 6) is -2.34. The number of hydrogen-bond donors (Lipinski definition) is 1. The van der Waals surface area contributed by atoms with Crippen LogP contribution in [0, 0.1) is 22.7 Å². The summed E-state index contributed by atoms with van der Waals surface area (Å²) in [5.41, 5.74) is -0.678. The van der Waals surface area contributed by atoms with Gasteiger partial charge in [-0.15, -0.1) is 0 Å². The molecular weight excluding hydrogens is 372 g/mol. The molecule has 4 aliphatic rings. The molecule has 6 heteroatoms. The molecule has 3 aliphatic carbocycles. The van der Waals surface area contributed by atoms with Crippen molar-refractivity contribution >= 4 is 11.9 Å². The third-order valence-corrected chi connectivity index (χ3v) is 7.95. The Hall–Kier alpha value is -2.08. The Morgan fingerprint density at radius 3 is 2.62 bits per heavy atom. The molecule has 0 aromatic heterocycles. The van der Waals surface area contributed by atoms with Crippen LogP contribution in [0.1, 0.15) is 53.4 Å². The molecule has 1 heterocycles. The highest BCUT2D eigenvalue weighted by Gasteiger charge is 2.74. The normalized spacial score (nSPS) is 41.9. The number of aliphatic hydroxyl groups is 1. The van der Waals surface area contributed by atoms with E-state index >= 15 is 0 Å². The lowest BCUT2D eigenvalue weighted by Gasteiger charge is -2.58. The molecule has 29 heavy (non-hydrogen) atoms. The Bertz CT molecular complexity index is 867. The zero-order chi connectivity index (χ0) is 21.4. The molecule has 2 saturated carbocycles. The van der Waals surface area contributed by atoms with Crippen LogP contribution in [-0.2, 0) is 23.8 Å². The summed E-state index contributed by atoms with van der Waals surface area (Å²) in [7, 11) is 1.37. The third-order valence-electron chi connectivity index (χ3n) is 7.95. The largest absolute Gasteiger partial charge is 0.469 e. The van der Waals surface area contributed by atoms with Crippen LogP contribution in [-0.4, -0.2) is 35.5 Å². The Morgan fingerprint density at radius 1 is 1.31 bits per heavy atom. The van der Waals surface area contributed by atoms with Crippen LogP contribution in [0.25, 0.3) is 0 Å². The topological polar surface area (TPSA) is 82.1 Å². The standard InChI is InChI=1S/C23H30O6/c1-13-7-8-16-17(20(13,4)5)18(19(25)27-6)21-11-14(2)22(12-21,28-15(3)24)9-10-23(21,26)29-16/h7-8,13,18,26H,2,9-12H2,1,3-6H3/t13-,18+,21+,22-,23+/m0/s1. The number of allylic oxidation sites excluding steroid dienone is 2. The third kappa shape index (κ3) is 2.44. The predicted molar refractivity (Wildman–Crippen MR) is 105 cm³/mol. The Kier molecular flexibility index (Phi) is 4.16. The number of carbonyl (C=O) groups is 2. The van der Waals surface area contributed by atoms with Gasteiger partial charge in [0.25, 0.3) is 0 Å². The van der Waals surface area contributed by atoms with Gasteiger partial charge in [-0.2, -0.15) is 0 Å². The number of rotatable bonds is 2. The van der Waals surface area contributed by atoms with Gasteiger partial charge in [-0.3, -0.25) is 9.59 Å². The molecule has 2 fully saturated rings. The molecule has 0 amide bonds. The minimum Gasteiger partial charge on any atom is -0.469 e. The van der Waals surface area contributed by atoms with Crippen LogP contribution in [0.5, 0.6) is 0 Å². The van der Waals surface area contributed by atoms with Gasteiger partial charge in [0, 0.05) is 19.8 Å². The van der Waals surface area contributed by atoms with E-state index in [2.05, 4.69) is 27.4 Å². The summed E-state index contributed by atoms with van der Waals surface area (Å²) in [6, 6.07) is 0. The molecule has 1 spiro atoms. The Balaban J connectivity index is 1.94. The van der Waals surface area contributed by atoms with Crippen LogP contribution in [0.3, 0.4) is 0 Å². The Morgan fingerprint density at radius 2 is 2.00 bits per heavy atom. The summed E-state index contributed by atoms with van der Waals surface area (Å²) < 4.78 is 17.3. The summed E-state index contributed by atoms with van der Waals surface area (Å²) >= 11 is 0. The lowest BCUT2D eigenvalue weighted by atomic mass is 9.53. The van der Waals surface area contributed by atoms with Gasteiger partial charge in [-0.1, -0.05) is 33.4 Å². The van der Waals surface area contributed by atoms with Crippen molar-refractivity contribution in [3.05, 3.63) is 35.6 Å². The number of ether oxygens (including phenoxy) is 3. The number of esters is 2. The molecule has 4 rings (SSSR count). The second kappa shape index (κ2) is 5.97. The molecule has 1 aliphatic heterocycles. The van der Waals surface area contributed by atoms with Gasteiger partial charge in [-0.05, 0) is 41.4 Å². The van der Waals surface area contributed by atoms with Crippen molar-refractivity contribution in [2.75, 3.05) is 7.11 Å². The molecule has 0 saturated heterocycles. The second-order valence-corrected chi connectivity index (χ2v) is 9.69. The monoisotopic (exact) mass is 402 g/mol. The lowest BCUT2D eigenvalue weighted by Crippen LogP contribution is -2.63. The average molecular weight is 402 g/mol. The van der Waals surface area contributed by atoms with E-state index in [4.69, 9.17) is 14.2 Å². The van der Waals surface area contributed by atoms with Crippen LogP contribution in [0.4, 0.5) is 0 Å². The molecule has 0 radical (unpaired) electrons. The first-order valence-electron chi connectivity index (χ1n) is 10.2. The number of fused-ring (bicyclic) bond motifs is 1. The first kappa shape index (κ1) is 20.2. The van der Waals surface area contributed by atoms with E-state index in [1.165, 1.54) is 14.0 Å². The maximum Gasteiger partial charge on any atom is 0.313 e. The zero-order valence-corrected chi connectivity index (χ0v) is 17.8. The molecule has 0 unspecified atom stereocenters. The Labute approximate surface area is 171 Å². The van der Waals surface area contributed by atoms with Crippen LogP contribution in [0.2, 0.25) is 0 Å². The quantitative estimate of drug-likeness (QED) is 0.563. The number of hydrogen-bond acceptors (Lipinski definition) is 6. The van der Waals surface area contributed by atoms with Gasteiger partial charge in [0.1, 0.15) is 11.4 Å². The number of carbonyl (C=O) groups excluding carboxylic acids is 2. The number of methoxy groups -OCH3 is 1. The van der Waals surface area contributed by atoms with Crippen molar-refractivity contribution in [1.82, 2.24) is 0 Å². The highest BCUT2D eigenvalue weighted by Crippen LogP contribution is 2.70. The van der Waals surface area contributed by atoms with E-state index < -0.39 is 34.7 Å². The maximum absolute atomic E-state index is 13.2. The smallest absolute Gasteiger partial charge is 0.313 e. The molecule has 2 bridgehead atoms. The lowest BCUT2D eigenvalue weighted by molar-refractivity contribution is -0.300. The van der Waals surface area contributed by atoms with Gasteiger partial charge < -0.3 is 19.3 Å². The van der Waals surface area contributed by atoms with E-state index in [1.54, 1.807) is 0 Å². The van der Waals surface area contributed by atoms with E-state index in [1.807, 2.05) is 12.2 Å². The van der Waals surface area contributed by atoms with E-state index in [9.17, 15) is 14.7 Å². The molecule has 1 N–H and O–H groups in total. The summed E-state index contributed by atoms with van der Waals surface area (Å²) in [6.45, 7) is 11.8. The zero-order valence-electron chi connectivity index (χ0n) is 17.8. The first-order valence-corrected chi connectivity index (χ1v) is 10.2. The summed E-state index contributed by atoms with van der Waals surface area (Å²) in [6.07, 6.45) is 5.19. The van der Waals surface area contributed by atoms with E-state index in [0.29, 0.717) is 25.0 Å². The SMILES string of the molecule is C=C1C[C@]23C[C@@]1(OC(C)=O)CC[C@@]2(O)OC1=C([C@@H]3C(=O)OC)C(C)(C)[C@@H](C)C=C1. The van der Waals surface area contributed by atoms with Crippen LogP contribution >= 0.6 is 0 Å². The first-order chi connectivity index (χ1) is 13.4. The van der Waals surface area contributed by atoms with Crippen molar-refractivity contribution in [2.45, 2.75) is 64.8 Å². The van der Waals surface area contributed by atoms with Crippen LogP contribution < -0.4 is 0 Å². The van der Waals surface area contributed by atoms with Crippen molar-refractivity contribution < 1.29 is 28.9 Å². The summed E-state index contributed by atoms with van der Waals surface area (Å²) in [5, 5.41) is 11.7. The fourth-order valence-corrected chi connectivity index (χ4v) is 6.06. The molecular formula is C23H30O6. The van der Waals surface area contributed by atoms with Gasteiger partial charge >= 0.3 is 11.9 Å². The van der Waals surface area contributed by atoms with Gasteiger partial charge in [0.15, 0.2) is 0 Å². The fourth-order valence-electron chi connectivity index (χ4n) is 6.06. The van der Waals surface area contributed by atoms with Crippen molar-refractivity contribution in [3.63, 3.8) is 0 Å². The molecule has 5 atom stereocenters. The highest BCUT2D eigenvalue weighted by molar-refractivity contribution is 5.79. The minimum atomic E-state index is -1.56. The predicted octanol–water partition coefficient (Wildman–Crippen LogP) is 3.41. The highest BCUT2D eigenvalue weighted by atomic mass is 16.6. The fraction of sp³-hybridized carbons (Fsp3) is 0.652. The maximum atomic E-state index is 13.2. The van der Waals surface area contributed by atoms with E-state index in [0.717, 1.165) is 11.1 Å². The van der Waals surface area contributed by atoms with Crippen LogP contribution in [0.15, 0.2) is 35.6 Å². The van der Waals surface area contributed by atoms with Gasteiger partial charge in [0.05, 0.1) is 18.4 Å². The molecule has 0 aromatic rings. The van der Waals surface area contributed by atoms with Crippen molar-refractivity contribution in [1.29, 1.82) is 0 Å². The molecule has 6 nitrogen and oxygen atoms in total. The van der Waals surface area contributed by atoms with E-state index in [-0.39, 0.29) is 17.8 Å². The average Bonchev–Trinajstić information content (AvgIpc) is 2.87. The van der Waals surface area contributed by atoms with Gasteiger partial charge in [-0.25, -0.2) is 0 Å². The second-order valence-electron chi connectivity index (χ2n) is 9.69. The van der Waals surface area contributed by atoms with Gasteiger partial charge in [0.2, 0.25) is 5.79 Å². The molecule has 158 valence electrons. The molecule has 0 aromatic carbocycles. The van der Waals surface area contributed by atoms with Crippen molar-refractivity contribution in [2.24, 2.45) is 22.7 Å². The van der Waals surface area contributed by atoms with Crippen molar-refractivity contribution in [3.8, 4) is 0 Å². The minimum absolute atomic E-state index is 0.172.